The standard InChI is InChI=1S/C21H23F3N2O4/c1-3-6-12-10-15(19(25)21(22,23)24)16(27)14(7-4-2)17(12)30-18(20(28)29)13-8-5-9-26-11-13/h5,8-11,18,25,27H,3-4,6-7H2,1-2H3,(H,28,29). The van der Waals surface area contributed by atoms with Crippen LogP contribution in [0.1, 0.15) is 55.0 Å². The number of nitrogens with zero attached hydrogens (tertiary/aromatic N) is 1. The summed E-state index contributed by atoms with van der Waals surface area (Å²) in [4.78, 5) is 15.7. The number of aliphatic carboxylic acids is 1. The second kappa shape index (κ2) is 9.60. The fourth-order valence-corrected chi connectivity index (χ4v) is 3.11. The number of halogens is 3. The third kappa shape index (κ3) is 5.08. The fraction of sp³-hybridized carbons (Fsp3) is 0.381. The van der Waals surface area contributed by atoms with Gasteiger partial charge in [0.1, 0.15) is 17.2 Å². The monoisotopic (exact) mass is 424 g/mol. The summed E-state index contributed by atoms with van der Waals surface area (Å²) in [7, 11) is 0. The molecule has 0 aliphatic carbocycles. The molecule has 0 radical (unpaired) electrons. The van der Waals surface area contributed by atoms with E-state index in [1.165, 1.54) is 18.5 Å². The highest BCUT2D eigenvalue weighted by atomic mass is 19.4. The molecule has 0 bridgehead atoms. The van der Waals surface area contributed by atoms with Crippen molar-refractivity contribution in [3.63, 3.8) is 0 Å². The van der Waals surface area contributed by atoms with Crippen LogP contribution in [-0.4, -0.2) is 33.1 Å². The van der Waals surface area contributed by atoms with Crippen LogP contribution in [0.5, 0.6) is 11.5 Å². The van der Waals surface area contributed by atoms with E-state index in [4.69, 9.17) is 10.1 Å². The van der Waals surface area contributed by atoms with E-state index in [0.29, 0.717) is 18.4 Å². The molecular formula is C21H23F3N2O4. The number of aryl methyl sites for hydroxylation is 1. The minimum Gasteiger partial charge on any atom is -0.507 e. The van der Waals surface area contributed by atoms with E-state index in [1.807, 2.05) is 0 Å². The van der Waals surface area contributed by atoms with Crippen LogP contribution in [0.2, 0.25) is 0 Å². The first kappa shape index (κ1) is 23.2. The average Bonchev–Trinajstić information content (AvgIpc) is 2.69. The quantitative estimate of drug-likeness (QED) is 0.501. The predicted molar refractivity (Wildman–Crippen MR) is 104 cm³/mol. The lowest BCUT2D eigenvalue weighted by Crippen LogP contribution is -2.24. The van der Waals surface area contributed by atoms with E-state index in [2.05, 4.69) is 4.98 Å². The highest BCUT2D eigenvalue weighted by molar-refractivity contribution is 6.05. The largest absolute Gasteiger partial charge is 0.507 e. The Kier molecular flexibility index (Phi) is 7.42. The van der Waals surface area contributed by atoms with Gasteiger partial charge in [0.05, 0.1) is 0 Å². The summed E-state index contributed by atoms with van der Waals surface area (Å²) in [5, 5.41) is 27.7. The lowest BCUT2D eigenvalue weighted by molar-refractivity contribution is -0.145. The number of aromatic nitrogens is 1. The normalized spacial score (nSPS) is 12.4. The number of phenolic OH excluding ortho intramolecular Hbond substituents is 1. The van der Waals surface area contributed by atoms with Gasteiger partial charge in [-0.25, -0.2) is 4.79 Å². The maximum Gasteiger partial charge on any atom is 0.433 e. The van der Waals surface area contributed by atoms with Gasteiger partial charge in [0, 0.05) is 29.1 Å². The topological polar surface area (TPSA) is 104 Å². The molecule has 0 saturated heterocycles. The minimum absolute atomic E-state index is 0.0335. The number of ether oxygens (including phenoxy) is 1. The van der Waals surface area contributed by atoms with Gasteiger partial charge in [0.15, 0.2) is 0 Å². The SMILES string of the molecule is CCCc1cc(C(=N)C(F)(F)F)c(O)c(CCC)c1OC(C(=O)O)c1cccnc1. The zero-order valence-corrected chi connectivity index (χ0v) is 16.6. The summed E-state index contributed by atoms with van der Waals surface area (Å²) in [6, 6.07) is 4.11. The zero-order chi connectivity index (χ0) is 22.5. The molecule has 3 N–H and O–H groups in total. The number of carboxylic acids is 1. The molecule has 1 unspecified atom stereocenters. The number of nitrogens with one attached hydrogen (secondary N) is 1. The zero-order valence-electron chi connectivity index (χ0n) is 16.6. The third-order valence-electron chi connectivity index (χ3n) is 4.44. The van der Waals surface area contributed by atoms with Gasteiger partial charge >= 0.3 is 12.1 Å². The van der Waals surface area contributed by atoms with E-state index in [-0.39, 0.29) is 29.7 Å². The van der Waals surface area contributed by atoms with Crippen LogP contribution >= 0.6 is 0 Å². The number of pyridine rings is 1. The molecule has 162 valence electrons. The Morgan fingerprint density at radius 3 is 2.43 bits per heavy atom. The van der Waals surface area contributed by atoms with Crippen molar-refractivity contribution in [2.24, 2.45) is 0 Å². The van der Waals surface area contributed by atoms with Crippen LogP contribution in [0.3, 0.4) is 0 Å². The van der Waals surface area contributed by atoms with Crippen LogP contribution in [-0.2, 0) is 17.6 Å². The summed E-state index contributed by atoms with van der Waals surface area (Å²) in [6.07, 6.45) is -2.18. The van der Waals surface area contributed by atoms with Crippen molar-refractivity contribution in [1.82, 2.24) is 4.98 Å². The highest BCUT2D eigenvalue weighted by Gasteiger charge is 2.38. The van der Waals surface area contributed by atoms with Crippen LogP contribution in [0.15, 0.2) is 30.6 Å². The first-order valence-corrected chi connectivity index (χ1v) is 9.44. The molecule has 0 fully saturated rings. The molecule has 0 aliphatic heterocycles. The van der Waals surface area contributed by atoms with E-state index < -0.39 is 35.3 Å². The molecule has 30 heavy (non-hydrogen) atoms. The Balaban J connectivity index is 2.68. The minimum atomic E-state index is -4.94. The van der Waals surface area contributed by atoms with Gasteiger partial charge in [-0.15, -0.1) is 0 Å². The van der Waals surface area contributed by atoms with Crippen molar-refractivity contribution in [2.75, 3.05) is 0 Å². The van der Waals surface area contributed by atoms with Crippen molar-refractivity contribution in [1.29, 1.82) is 5.41 Å². The number of aromatic hydroxyl groups is 1. The number of carbonyl (C=O) groups is 1. The summed E-state index contributed by atoms with van der Waals surface area (Å²) in [5.41, 5.74) is -1.69. The number of hydrogen-bond donors (Lipinski definition) is 3. The van der Waals surface area contributed by atoms with Crippen molar-refractivity contribution in [3.8, 4) is 11.5 Å². The van der Waals surface area contributed by atoms with Crippen molar-refractivity contribution in [3.05, 3.63) is 52.8 Å². The molecule has 0 amide bonds. The molecule has 2 rings (SSSR count). The van der Waals surface area contributed by atoms with Gasteiger partial charge in [-0.1, -0.05) is 32.8 Å². The van der Waals surface area contributed by atoms with E-state index in [9.17, 15) is 28.2 Å². The number of benzene rings is 1. The van der Waals surface area contributed by atoms with Crippen LogP contribution in [0.25, 0.3) is 0 Å². The highest BCUT2D eigenvalue weighted by Crippen LogP contribution is 2.41. The molecule has 0 saturated carbocycles. The molecule has 0 aliphatic rings. The summed E-state index contributed by atoms with van der Waals surface area (Å²) >= 11 is 0. The summed E-state index contributed by atoms with van der Waals surface area (Å²) < 4.78 is 45.2. The van der Waals surface area contributed by atoms with E-state index in [1.54, 1.807) is 19.9 Å². The van der Waals surface area contributed by atoms with Gasteiger partial charge in [0.2, 0.25) is 6.10 Å². The first-order valence-electron chi connectivity index (χ1n) is 9.44. The van der Waals surface area contributed by atoms with Gasteiger partial charge in [-0.2, -0.15) is 13.2 Å². The van der Waals surface area contributed by atoms with E-state index >= 15 is 0 Å². The smallest absolute Gasteiger partial charge is 0.433 e. The molecule has 1 atom stereocenters. The Morgan fingerprint density at radius 2 is 1.93 bits per heavy atom. The summed E-state index contributed by atoms with van der Waals surface area (Å²) in [5.74, 6) is -1.99. The third-order valence-corrected chi connectivity index (χ3v) is 4.44. The van der Waals surface area contributed by atoms with Crippen molar-refractivity contribution >= 4 is 11.7 Å². The molecule has 9 heteroatoms. The molecular weight excluding hydrogens is 401 g/mol. The number of rotatable bonds is 9. The Morgan fingerprint density at radius 1 is 1.27 bits per heavy atom. The van der Waals surface area contributed by atoms with Crippen LogP contribution in [0, 0.1) is 5.41 Å². The second-order valence-corrected chi connectivity index (χ2v) is 6.73. The Labute approximate surface area is 171 Å². The van der Waals surface area contributed by atoms with Crippen molar-refractivity contribution in [2.45, 2.75) is 51.8 Å². The van der Waals surface area contributed by atoms with Gasteiger partial charge in [-0.05, 0) is 30.5 Å². The van der Waals surface area contributed by atoms with Gasteiger partial charge in [-0.3, -0.25) is 10.4 Å². The van der Waals surface area contributed by atoms with Gasteiger partial charge in [0.25, 0.3) is 0 Å². The van der Waals surface area contributed by atoms with Gasteiger partial charge < -0.3 is 14.9 Å². The maximum atomic E-state index is 13.1. The number of hydrogen-bond acceptors (Lipinski definition) is 5. The Hall–Kier alpha value is -3.10. The second-order valence-electron chi connectivity index (χ2n) is 6.73. The number of carboxylic acid groups (broad SMARTS) is 1. The first-order chi connectivity index (χ1) is 14.1. The van der Waals surface area contributed by atoms with Crippen LogP contribution < -0.4 is 4.74 Å². The Bertz CT molecular complexity index is 915. The molecule has 0 spiro atoms. The molecule has 1 aromatic carbocycles. The van der Waals surface area contributed by atoms with E-state index in [0.717, 1.165) is 6.07 Å². The lowest BCUT2D eigenvalue weighted by atomic mass is 9.94. The lowest BCUT2D eigenvalue weighted by Gasteiger charge is -2.23. The predicted octanol–water partition coefficient (Wildman–Crippen LogP) is 4.83. The molecule has 1 heterocycles. The number of phenols is 1. The average molecular weight is 424 g/mol. The maximum absolute atomic E-state index is 13.1. The van der Waals surface area contributed by atoms with Crippen LogP contribution in [0.4, 0.5) is 13.2 Å². The molecule has 2 aromatic rings. The molecule has 6 nitrogen and oxygen atoms in total. The van der Waals surface area contributed by atoms with Crippen molar-refractivity contribution < 1.29 is 32.9 Å². The molecule has 1 aromatic heterocycles. The summed E-state index contributed by atoms with van der Waals surface area (Å²) in [6.45, 7) is 3.57. The fourth-order valence-electron chi connectivity index (χ4n) is 3.11. The number of alkyl halides is 3.